The number of aryl methyl sites for hydroxylation is 2. The van der Waals surface area contributed by atoms with E-state index < -0.39 is 0 Å². The summed E-state index contributed by atoms with van der Waals surface area (Å²) < 4.78 is 0. The Labute approximate surface area is 129 Å². The third-order valence-electron chi connectivity index (χ3n) is 3.93. The van der Waals surface area contributed by atoms with Gasteiger partial charge in [-0.25, -0.2) is 4.98 Å². The number of benzene rings is 1. The van der Waals surface area contributed by atoms with Crippen LogP contribution < -0.4 is 4.90 Å². The van der Waals surface area contributed by atoms with Crippen LogP contribution in [0.2, 0.25) is 5.15 Å². The number of aromatic nitrogens is 1. The molecule has 2 heterocycles. The monoisotopic (exact) mass is 300 g/mol. The van der Waals surface area contributed by atoms with Crippen LogP contribution in [0.5, 0.6) is 0 Å². The normalized spacial score (nSPS) is 15.8. The molecule has 1 amide bonds. The molecule has 1 aromatic heterocycles. The molecule has 21 heavy (non-hydrogen) atoms. The first-order chi connectivity index (χ1) is 10.1. The van der Waals surface area contributed by atoms with Gasteiger partial charge >= 0.3 is 0 Å². The second-order valence-corrected chi connectivity index (χ2v) is 5.84. The second-order valence-electron chi connectivity index (χ2n) is 5.45. The smallest absolute Gasteiger partial charge is 0.227 e. The van der Waals surface area contributed by atoms with Gasteiger partial charge in [0.05, 0.1) is 17.4 Å². The Morgan fingerprint density at radius 1 is 1.24 bits per heavy atom. The Kier molecular flexibility index (Phi) is 3.68. The third kappa shape index (κ3) is 2.66. The average Bonchev–Trinajstić information content (AvgIpc) is 2.47. The van der Waals surface area contributed by atoms with Crippen molar-refractivity contribution in [2.45, 2.75) is 32.7 Å². The van der Waals surface area contributed by atoms with E-state index in [1.165, 1.54) is 5.56 Å². The van der Waals surface area contributed by atoms with Crippen molar-refractivity contribution in [3.63, 3.8) is 0 Å². The number of carbonyl (C=O) groups excluding carboxylic acids is 1. The molecule has 1 aliphatic rings. The highest BCUT2D eigenvalue weighted by atomic mass is 35.5. The minimum atomic E-state index is -0.0144. The summed E-state index contributed by atoms with van der Waals surface area (Å²) >= 11 is 5.96. The molecule has 0 bridgehead atoms. The Morgan fingerprint density at radius 3 is 2.81 bits per heavy atom. The molecule has 0 radical (unpaired) electrons. The number of rotatable bonds is 2. The summed E-state index contributed by atoms with van der Waals surface area (Å²) in [5.74, 6) is 0.139. The standard InChI is InChI=1S/C17H17ClN2O/c1-11-4-3-5-13(10-11)12(2)20-15-7-8-16(18)19-14(15)6-9-17(20)21/h3-5,7-8,10,12H,6,9H2,1-2H3. The molecular weight excluding hydrogens is 284 g/mol. The van der Waals surface area contributed by atoms with Crippen molar-refractivity contribution in [1.29, 1.82) is 0 Å². The molecule has 0 fully saturated rings. The van der Waals surface area contributed by atoms with Crippen molar-refractivity contribution in [1.82, 2.24) is 4.98 Å². The number of carbonyl (C=O) groups is 1. The minimum absolute atomic E-state index is 0.0144. The van der Waals surface area contributed by atoms with E-state index in [9.17, 15) is 4.79 Å². The molecule has 1 aliphatic heterocycles. The largest absolute Gasteiger partial charge is 0.303 e. The van der Waals surface area contributed by atoms with Crippen LogP contribution in [0.15, 0.2) is 36.4 Å². The summed E-state index contributed by atoms with van der Waals surface area (Å²) in [4.78, 5) is 18.6. The predicted molar refractivity (Wildman–Crippen MR) is 84.6 cm³/mol. The maximum Gasteiger partial charge on any atom is 0.227 e. The Hall–Kier alpha value is -1.87. The van der Waals surface area contributed by atoms with Crippen molar-refractivity contribution < 1.29 is 4.79 Å². The van der Waals surface area contributed by atoms with Crippen molar-refractivity contribution in [3.05, 3.63) is 58.4 Å². The summed E-state index contributed by atoms with van der Waals surface area (Å²) in [6.07, 6.45) is 1.14. The first kappa shape index (κ1) is 14.1. The van der Waals surface area contributed by atoms with E-state index in [4.69, 9.17) is 11.6 Å². The maximum atomic E-state index is 12.4. The highest BCUT2D eigenvalue weighted by molar-refractivity contribution is 6.29. The molecule has 1 aromatic carbocycles. The lowest BCUT2D eigenvalue weighted by Crippen LogP contribution is -2.37. The number of anilines is 1. The molecule has 0 spiro atoms. The van der Waals surface area contributed by atoms with Crippen molar-refractivity contribution in [2.24, 2.45) is 0 Å². The molecule has 0 aliphatic carbocycles. The fourth-order valence-electron chi connectivity index (χ4n) is 2.85. The molecule has 3 nitrogen and oxygen atoms in total. The van der Waals surface area contributed by atoms with Crippen molar-refractivity contribution >= 4 is 23.2 Å². The van der Waals surface area contributed by atoms with E-state index >= 15 is 0 Å². The predicted octanol–water partition coefficient (Wildman–Crippen LogP) is 4.08. The first-order valence-electron chi connectivity index (χ1n) is 7.10. The van der Waals surface area contributed by atoms with Gasteiger partial charge in [0, 0.05) is 12.8 Å². The first-order valence-corrected chi connectivity index (χ1v) is 7.48. The summed E-state index contributed by atoms with van der Waals surface area (Å²) in [7, 11) is 0. The highest BCUT2D eigenvalue weighted by Crippen LogP contribution is 2.34. The van der Waals surface area contributed by atoms with Gasteiger partial charge in [-0.05, 0) is 31.5 Å². The molecule has 0 saturated heterocycles. The minimum Gasteiger partial charge on any atom is -0.303 e. The molecular formula is C17H17ClN2O. The molecule has 4 heteroatoms. The quantitative estimate of drug-likeness (QED) is 0.783. The van der Waals surface area contributed by atoms with Gasteiger partial charge in [0.25, 0.3) is 0 Å². The van der Waals surface area contributed by atoms with Crippen LogP contribution in [-0.4, -0.2) is 10.9 Å². The van der Waals surface area contributed by atoms with Crippen LogP contribution in [0.1, 0.15) is 36.2 Å². The molecule has 108 valence electrons. The summed E-state index contributed by atoms with van der Waals surface area (Å²) in [6.45, 7) is 4.11. The number of hydrogen-bond donors (Lipinski definition) is 0. The molecule has 0 N–H and O–H groups in total. The molecule has 0 saturated carbocycles. The van der Waals surface area contributed by atoms with Gasteiger partial charge in [0.1, 0.15) is 5.15 Å². The summed E-state index contributed by atoms with van der Waals surface area (Å²) in [6, 6.07) is 11.9. The van der Waals surface area contributed by atoms with E-state index in [0.29, 0.717) is 18.0 Å². The number of halogens is 1. The number of hydrogen-bond acceptors (Lipinski definition) is 2. The van der Waals surface area contributed by atoms with Gasteiger partial charge in [-0.15, -0.1) is 0 Å². The van der Waals surface area contributed by atoms with E-state index in [-0.39, 0.29) is 11.9 Å². The van der Waals surface area contributed by atoms with Crippen LogP contribution in [0.25, 0.3) is 0 Å². The van der Waals surface area contributed by atoms with E-state index in [1.807, 2.05) is 17.0 Å². The average molecular weight is 301 g/mol. The lowest BCUT2D eigenvalue weighted by molar-refractivity contribution is -0.119. The SMILES string of the molecule is Cc1cccc(C(C)N2C(=O)CCc3nc(Cl)ccc32)c1. The Balaban J connectivity index is 2.03. The Morgan fingerprint density at radius 2 is 2.05 bits per heavy atom. The van der Waals surface area contributed by atoms with Gasteiger partial charge in [-0.2, -0.15) is 0 Å². The van der Waals surface area contributed by atoms with Crippen LogP contribution in [0.3, 0.4) is 0 Å². The van der Waals surface area contributed by atoms with Gasteiger partial charge < -0.3 is 4.90 Å². The zero-order valence-electron chi connectivity index (χ0n) is 12.1. The van der Waals surface area contributed by atoms with E-state index in [2.05, 4.69) is 37.0 Å². The number of nitrogens with zero attached hydrogens (tertiary/aromatic N) is 2. The van der Waals surface area contributed by atoms with Crippen molar-refractivity contribution in [2.75, 3.05) is 4.90 Å². The van der Waals surface area contributed by atoms with Gasteiger partial charge in [0.2, 0.25) is 5.91 Å². The molecule has 3 rings (SSSR count). The molecule has 2 aromatic rings. The van der Waals surface area contributed by atoms with Crippen LogP contribution in [-0.2, 0) is 11.2 Å². The highest BCUT2D eigenvalue weighted by Gasteiger charge is 2.29. The van der Waals surface area contributed by atoms with Crippen molar-refractivity contribution in [3.8, 4) is 0 Å². The number of fused-ring (bicyclic) bond motifs is 1. The zero-order valence-corrected chi connectivity index (χ0v) is 12.9. The topological polar surface area (TPSA) is 33.2 Å². The summed E-state index contributed by atoms with van der Waals surface area (Å²) in [5, 5.41) is 0.478. The molecule has 1 unspecified atom stereocenters. The Bertz CT molecular complexity index is 699. The van der Waals surface area contributed by atoms with Crippen LogP contribution >= 0.6 is 11.6 Å². The van der Waals surface area contributed by atoms with Gasteiger partial charge in [0.15, 0.2) is 0 Å². The lowest BCUT2D eigenvalue weighted by atomic mass is 9.99. The fourth-order valence-corrected chi connectivity index (χ4v) is 3.02. The zero-order chi connectivity index (χ0) is 15.0. The number of pyridine rings is 1. The summed E-state index contributed by atoms with van der Waals surface area (Å²) in [5.41, 5.74) is 4.11. The van der Waals surface area contributed by atoms with Crippen LogP contribution in [0.4, 0.5) is 5.69 Å². The van der Waals surface area contributed by atoms with E-state index in [1.54, 1.807) is 6.07 Å². The van der Waals surface area contributed by atoms with Gasteiger partial charge in [-0.1, -0.05) is 41.4 Å². The number of amides is 1. The lowest BCUT2D eigenvalue weighted by Gasteiger charge is -2.34. The van der Waals surface area contributed by atoms with Crippen LogP contribution in [0, 0.1) is 6.92 Å². The maximum absolute atomic E-state index is 12.4. The third-order valence-corrected chi connectivity index (χ3v) is 4.14. The van der Waals surface area contributed by atoms with Gasteiger partial charge in [-0.3, -0.25) is 4.79 Å². The fraction of sp³-hybridized carbons (Fsp3) is 0.294. The van der Waals surface area contributed by atoms with E-state index in [0.717, 1.165) is 16.9 Å². The second kappa shape index (κ2) is 5.49. The molecule has 1 atom stereocenters.